The fourth-order valence-corrected chi connectivity index (χ4v) is 0.734. The Bertz CT molecular complexity index is 129. The standard InChI is InChI=1S/C10H18.C2H6/c1-5-7-8-10(4)9(3)6-2;1-2/h5,7-9H,6H2,1-4H3;1-2H3/b7-5-,10-8+;. The Kier molecular flexibility index (Phi) is 12.3. The molecule has 0 nitrogen and oxygen atoms in total. The molecule has 0 heteroatoms. The normalized spacial score (nSPS) is 14.0. The molecular weight excluding hydrogens is 144 g/mol. The topological polar surface area (TPSA) is 0 Å². The van der Waals surface area contributed by atoms with Crippen LogP contribution in [0.4, 0.5) is 0 Å². The largest absolute Gasteiger partial charge is 0.0877 e. The molecular formula is C12H24. The van der Waals surface area contributed by atoms with E-state index >= 15 is 0 Å². The minimum Gasteiger partial charge on any atom is -0.0877 e. The van der Waals surface area contributed by atoms with E-state index in [1.807, 2.05) is 20.8 Å². The third-order valence-electron chi connectivity index (χ3n) is 1.94. The first-order valence-corrected chi connectivity index (χ1v) is 5.01. The number of hydrogen-bond donors (Lipinski definition) is 0. The molecule has 0 aromatic rings. The minimum atomic E-state index is 0.733. The second-order valence-electron chi connectivity index (χ2n) is 2.75. The Morgan fingerprint density at radius 1 is 1.33 bits per heavy atom. The smallest absolute Gasteiger partial charge is 0.0234 e. The van der Waals surface area contributed by atoms with Gasteiger partial charge in [0, 0.05) is 0 Å². The van der Waals surface area contributed by atoms with Gasteiger partial charge >= 0.3 is 0 Å². The minimum absolute atomic E-state index is 0.733. The van der Waals surface area contributed by atoms with Crippen LogP contribution in [0.5, 0.6) is 0 Å². The average Bonchev–Trinajstić information content (AvgIpc) is 2.16. The number of allylic oxidation sites excluding steroid dienone is 4. The molecule has 0 fully saturated rings. The second-order valence-corrected chi connectivity index (χ2v) is 2.75. The van der Waals surface area contributed by atoms with Crippen molar-refractivity contribution < 1.29 is 0 Å². The van der Waals surface area contributed by atoms with Gasteiger partial charge in [-0.1, -0.05) is 51.5 Å². The number of rotatable bonds is 3. The SMILES string of the molecule is C/C=C\C=C(/C)C(C)CC.CC. The molecule has 12 heavy (non-hydrogen) atoms. The zero-order valence-corrected chi connectivity index (χ0v) is 9.52. The molecule has 0 N–H and O–H groups in total. The molecule has 0 saturated heterocycles. The summed E-state index contributed by atoms with van der Waals surface area (Å²) in [6.45, 7) is 12.7. The van der Waals surface area contributed by atoms with Gasteiger partial charge in [0.2, 0.25) is 0 Å². The predicted octanol–water partition coefficient (Wildman–Crippen LogP) is 4.58. The van der Waals surface area contributed by atoms with Crippen LogP contribution in [0.2, 0.25) is 0 Å². The van der Waals surface area contributed by atoms with E-state index in [1.165, 1.54) is 12.0 Å². The molecule has 1 atom stereocenters. The summed E-state index contributed by atoms with van der Waals surface area (Å²) >= 11 is 0. The predicted molar refractivity (Wildman–Crippen MR) is 59.4 cm³/mol. The highest BCUT2D eigenvalue weighted by molar-refractivity contribution is 5.11. The Labute approximate surface area is 78.4 Å². The van der Waals surface area contributed by atoms with E-state index in [2.05, 4.69) is 39.0 Å². The summed E-state index contributed by atoms with van der Waals surface area (Å²) in [7, 11) is 0. The van der Waals surface area contributed by atoms with Crippen LogP contribution in [0, 0.1) is 5.92 Å². The molecule has 0 aliphatic rings. The fourth-order valence-electron chi connectivity index (χ4n) is 0.734. The molecule has 0 heterocycles. The Morgan fingerprint density at radius 2 is 1.83 bits per heavy atom. The maximum Gasteiger partial charge on any atom is -0.0234 e. The summed E-state index contributed by atoms with van der Waals surface area (Å²) in [5.74, 6) is 0.733. The lowest BCUT2D eigenvalue weighted by atomic mass is 10.00. The summed E-state index contributed by atoms with van der Waals surface area (Å²) in [6.07, 6.45) is 7.58. The molecule has 0 aliphatic heterocycles. The van der Waals surface area contributed by atoms with Crippen LogP contribution < -0.4 is 0 Å². The molecule has 0 aromatic heterocycles. The highest BCUT2D eigenvalue weighted by Crippen LogP contribution is 2.12. The summed E-state index contributed by atoms with van der Waals surface area (Å²) < 4.78 is 0. The quantitative estimate of drug-likeness (QED) is 0.541. The first kappa shape index (κ1) is 14.0. The first-order chi connectivity index (χ1) is 5.72. The lowest BCUT2D eigenvalue weighted by Gasteiger charge is -2.06. The van der Waals surface area contributed by atoms with Crippen molar-refractivity contribution in [3.05, 3.63) is 23.8 Å². The van der Waals surface area contributed by atoms with Crippen LogP contribution in [0.1, 0.15) is 48.0 Å². The van der Waals surface area contributed by atoms with E-state index < -0.39 is 0 Å². The van der Waals surface area contributed by atoms with Crippen molar-refractivity contribution in [1.29, 1.82) is 0 Å². The van der Waals surface area contributed by atoms with E-state index in [0.717, 1.165) is 5.92 Å². The lowest BCUT2D eigenvalue weighted by molar-refractivity contribution is 0.655. The van der Waals surface area contributed by atoms with Gasteiger partial charge in [0.1, 0.15) is 0 Å². The van der Waals surface area contributed by atoms with Crippen molar-refractivity contribution in [3.8, 4) is 0 Å². The zero-order chi connectivity index (χ0) is 9.98. The van der Waals surface area contributed by atoms with E-state index in [-0.39, 0.29) is 0 Å². The van der Waals surface area contributed by atoms with Crippen LogP contribution in [0.25, 0.3) is 0 Å². The third-order valence-corrected chi connectivity index (χ3v) is 1.94. The van der Waals surface area contributed by atoms with Crippen LogP contribution in [0.3, 0.4) is 0 Å². The van der Waals surface area contributed by atoms with Gasteiger partial charge in [0.25, 0.3) is 0 Å². The van der Waals surface area contributed by atoms with Crippen molar-refractivity contribution in [2.75, 3.05) is 0 Å². The number of hydrogen-bond acceptors (Lipinski definition) is 0. The summed E-state index contributed by atoms with van der Waals surface area (Å²) in [6, 6.07) is 0. The third kappa shape index (κ3) is 7.59. The maximum absolute atomic E-state index is 2.26. The summed E-state index contributed by atoms with van der Waals surface area (Å²) in [5, 5.41) is 0. The molecule has 1 unspecified atom stereocenters. The van der Waals surface area contributed by atoms with Crippen molar-refractivity contribution in [2.45, 2.75) is 48.0 Å². The Morgan fingerprint density at radius 3 is 2.17 bits per heavy atom. The van der Waals surface area contributed by atoms with Gasteiger partial charge in [0.15, 0.2) is 0 Å². The Hall–Kier alpha value is -0.520. The van der Waals surface area contributed by atoms with Gasteiger partial charge in [-0.2, -0.15) is 0 Å². The van der Waals surface area contributed by atoms with Crippen LogP contribution in [0.15, 0.2) is 23.8 Å². The summed E-state index contributed by atoms with van der Waals surface area (Å²) in [4.78, 5) is 0. The van der Waals surface area contributed by atoms with E-state index in [0.29, 0.717) is 0 Å². The van der Waals surface area contributed by atoms with Crippen molar-refractivity contribution in [1.82, 2.24) is 0 Å². The average molecular weight is 168 g/mol. The van der Waals surface area contributed by atoms with Gasteiger partial charge in [-0.3, -0.25) is 0 Å². The molecule has 0 aromatic carbocycles. The van der Waals surface area contributed by atoms with Gasteiger partial charge in [0.05, 0.1) is 0 Å². The van der Waals surface area contributed by atoms with Crippen molar-refractivity contribution >= 4 is 0 Å². The van der Waals surface area contributed by atoms with Crippen LogP contribution >= 0.6 is 0 Å². The van der Waals surface area contributed by atoms with E-state index in [4.69, 9.17) is 0 Å². The molecule has 0 bridgehead atoms. The molecule has 0 radical (unpaired) electrons. The zero-order valence-electron chi connectivity index (χ0n) is 9.52. The van der Waals surface area contributed by atoms with E-state index in [9.17, 15) is 0 Å². The molecule has 72 valence electrons. The van der Waals surface area contributed by atoms with Gasteiger partial charge < -0.3 is 0 Å². The second kappa shape index (κ2) is 10.5. The maximum atomic E-state index is 2.26. The molecule has 0 amide bonds. The van der Waals surface area contributed by atoms with Gasteiger partial charge in [-0.05, 0) is 26.2 Å². The van der Waals surface area contributed by atoms with Crippen LogP contribution in [-0.4, -0.2) is 0 Å². The van der Waals surface area contributed by atoms with E-state index in [1.54, 1.807) is 0 Å². The van der Waals surface area contributed by atoms with Gasteiger partial charge in [-0.25, -0.2) is 0 Å². The lowest BCUT2D eigenvalue weighted by Crippen LogP contribution is -1.92. The molecule has 0 saturated carbocycles. The Balaban J connectivity index is 0. The molecule has 0 rings (SSSR count). The van der Waals surface area contributed by atoms with Gasteiger partial charge in [-0.15, -0.1) is 0 Å². The highest BCUT2D eigenvalue weighted by Gasteiger charge is 1.97. The first-order valence-electron chi connectivity index (χ1n) is 5.01. The molecule has 0 aliphatic carbocycles. The summed E-state index contributed by atoms with van der Waals surface area (Å²) in [5.41, 5.74) is 1.47. The van der Waals surface area contributed by atoms with Crippen molar-refractivity contribution in [3.63, 3.8) is 0 Å². The van der Waals surface area contributed by atoms with Crippen LogP contribution in [-0.2, 0) is 0 Å². The monoisotopic (exact) mass is 168 g/mol. The fraction of sp³-hybridized carbons (Fsp3) is 0.667. The van der Waals surface area contributed by atoms with Crippen molar-refractivity contribution in [2.24, 2.45) is 5.92 Å². The molecule has 0 spiro atoms. The highest BCUT2D eigenvalue weighted by atomic mass is 14.0.